The van der Waals surface area contributed by atoms with Crippen LogP contribution in [0.3, 0.4) is 0 Å². The van der Waals surface area contributed by atoms with Gasteiger partial charge in [-0.1, -0.05) is 36.9 Å². The summed E-state index contributed by atoms with van der Waals surface area (Å²) in [4.78, 5) is 40.2. The summed E-state index contributed by atoms with van der Waals surface area (Å²) in [5, 5.41) is 5.23. The van der Waals surface area contributed by atoms with E-state index >= 15 is 0 Å². The second-order valence-electron chi connectivity index (χ2n) is 6.93. The van der Waals surface area contributed by atoms with E-state index in [1.54, 1.807) is 16.7 Å². The minimum Gasteiger partial charge on any atom is -0.449 e. The van der Waals surface area contributed by atoms with Gasteiger partial charge in [0.2, 0.25) is 0 Å². The number of imidazole rings is 1. The maximum atomic E-state index is 12.1. The molecule has 0 spiro atoms. The van der Waals surface area contributed by atoms with Gasteiger partial charge in [0.15, 0.2) is 11.3 Å². The maximum Gasteiger partial charge on any atom is 0.331 e. The minimum atomic E-state index is -1.12. The van der Waals surface area contributed by atoms with Gasteiger partial charge in [0.25, 0.3) is 5.91 Å². The van der Waals surface area contributed by atoms with E-state index in [0.29, 0.717) is 11.3 Å². The Morgan fingerprint density at radius 3 is 2.79 bits per heavy atom. The van der Waals surface area contributed by atoms with E-state index in [-0.39, 0.29) is 11.2 Å². The first-order valence-corrected chi connectivity index (χ1v) is 9.94. The number of hydrogen-bond donors (Lipinski definition) is 2. The summed E-state index contributed by atoms with van der Waals surface area (Å²) >= 11 is 6.10. The molecular weight excluding hydrogens is 396 g/mol. The van der Waals surface area contributed by atoms with Crippen LogP contribution in [0.1, 0.15) is 44.7 Å². The largest absolute Gasteiger partial charge is 0.449 e. The number of pyridine rings is 1. The van der Waals surface area contributed by atoms with E-state index in [2.05, 4.69) is 15.6 Å². The van der Waals surface area contributed by atoms with Crippen molar-refractivity contribution in [3.8, 4) is 0 Å². The number of carbonyl (C=O) groups excluding carboxylic acids is 3. The Morgan fingerprint density at radius 2 is 2.03 bits per heavy atom. The molecule has 3 amide bonds. The quantitative estimate of drug-likeness (QED) is 0.573. The molecule has 0 radical (unpaired) electrons. The first kappa shape index (κ1) is 20.9. The molecule has 3 rings (SSSR count). The molecule has 0 aromatic carbocycles. The van der Waals surface area contributed by atoms with E-state index in [9.17, 15) is 14.4 Å². The molecule has 1 aliphatic rings. The number of rotatable bonds is 5. The molecule has 2 aromatic heterocycles. The second-order valence-corrected chi connectivity index (χ2v) is 7.28. The Labute approximate surface area is 173 Å². The van der Waals surface area contributed by atoms with Crippen molar-refractivity contribution in [3.63, 3.8) is 0 Å². The number of halogens is 1. The van der Waals surface area contributed by atoms with Gasteiger partial charge in [0.05, 0.1) is 5.69 Å². The number of carbonyl (C=O) groups is 3. The van der Waals surface area contributed by atoms with Crippen LogP contribution in [-0.4, -0.2) is 39.4 Å². The molecule has 1 saturated carbocycles. The number of ether oxygens (including phenoxy) is 1. The lowest BCUT2D eigenvalue weighted by Gasteiger charge is -2.23. The van der Waals surface area contributed by atoms with E-state index in [0.717, 1.165) is 31.8 Å². The normalized spacial score (nSPS) is 15.9. The van der Waals surface area contributed by atoms with Crippen LogP contribution in [-0.2, 0) is 14.3 Å². The molecule has 8 nitrogen and oxygen atoms in total. The Hall–Kier alpha value is -2.87. The molecule has 0 aliphatic heterocycles. The van der Waals surface area contributed by atoms with Crippen molar-refractivity contribution < 1.29 is 19.1 Å². The number of imide groups is 1. The molecular formula is C20H23ClN4O4. The summed E-state index contributed by atoms with van der Waals surface area (Å²) in [6.07, 6.45) is 8.37. The van der Waals surface area contributed by atoms with Crippen LogP contribution in [0.4, 0.5) is 4.79 Å². The first-order chi connectivity index (χ1) is 13.9. The zero-order valence-corrected chi connectivity index (χ0v) is 16.8. The summed E-state index contributed by atoms with van der Waals surface area (Å²) in [5.41, 5.74) is 1.16. The van der Waals surface area contributed by atoms with Gasteiger partial charge in [-0.15, -0.1) is 0 Å². The van der Waals surface area contributed by atoms with Gasteiger partial charge in [0.1, 0.15) is 5.65 Å². The van der Waals surface area contributed by atoms with Crippen LogP contribution in [0.15, 0.2) is 30.5 Å². The molecule has 0 bridgehead atoms. The number of urea groups is 1. The molecule has 2 N–H and O–H groups in total. The lowest BCUT2D eigenvalue weighted by molar-refractivity contribution is -0.149. The van der Waals surface area contributed by atoms with Gasteiger partial charge in [0, 0.05) is 18.3 Å². The topological polar surface area (TPSA) is 102 Å². The molecule has 1 fully saturated rings. The fourth-order valence-electron chi connectivity index (χ4n) is 3.23. The molecule has 0 saturated heterocycles. The molecule has 154 valence electrons. The third-order valence-corrected chi connectivity index (χ3v) is 5.02. The van der Waals surface area contributed by atoms with Crippen molar-refractivity contribution in [2.45, 2.75) is 51.2 Å². The average Bonchev–Trinajstić information content (AvgIpc) is 3.02. The number of hydrogen-bond acceptors (Lipinski definition) is 5. The highest BCUT2D eigenvalue weighted by Gasteiger charge is 2.21. The average molecular weight is 419 g/mol. The van der Waals surface area contributed by atoms with Crippen LogP contribution < -0.4 is 10.6 Å². The predicted molar refractivity (Wildman–Crippen MR) is 108 cm³/mol. The Kier molecular flexibility index (Phi) is 6.87. The molecule has 29 heavy (non-hydrogen) atoms. The highest BCUT2D eigenvalue weighted by Crippen LogP contribution is 2.19. The van der Waals surface area contributed by atoms with Crippen molar-refractivity contribution in [1.29, 1.82) is 0 Å². The molecule has 1 atom stereocenters. The predicted octanol–water partition coefficient (Wildman–Crippen LogP) is 3.09. The summed E-state index contributed by atoms with van der Waals surface area (Å²) in [6.45, 7) is 1.40. The lowest BCUT2D eigenvalue weighted by Crippen LogP contribution is -2.48. The van der Waals surface area contributed by atoms with Crippen molar-refractivity contribution in [1.82, 2.24) is 20.0 Å². The van der Waals surface area contributed by atoms with Crippen LogP contribution in [0.5, 0.6) is 0 Å². The standard InChI is InChI=1S/C20H23ClN4O4/c1-13(19(27)24-20(28)22-14-7-3-2-4-8-14)29-17(26)11-10-15-18(21)23-16-9-5-6-12-25(15)16/h5-6,9-14H,2-4,7-8H2,1H3,(H2,22,24,27,28)/b11-10+/t13-/m0/s1. The maximum absolute atomic E-state index is 12.1. The van der Waals surface area contributed by atoms with Gasteiger partial charge >= 0.3 is 12.0 Å². The van der Waals surface area contributed by atoms with Crippen LogP contribution in [0.25, 0.3) is 11.7 Å². The molecule has 2 aromatic rings. The van der Waals surface area contributed by atoms with Gasteiger partial charge in [-0.05, 0) is 38.0 Å². The zero-order chi connectivity index (χ0) is 20.8. The number of esters is 1. The van der Waals surface area contributed by atoms with E-state index in [1.165, 1.54) is 19.4 Å². The highest BCUT2D eigenvalue weighted by atomic mass is 35.5. The van der Waals surface area contributed by atoms with Gasteiger partial charge in [-0.2, -0.15) is 0 Å². The summed E-state index contributed by atoms with van der Waals surface area (Å²) < 4.78 is 6.78. The summed E-state index contributed by atoms with van der Waals surface area (Å²) in [5.74, 6) is -1.42. The number of nitrogens with zero attached hydrogens (tertiary/aromatic N) is 2. The van der Waals surface area contributed by atoms with E-state index in [4.69, 9.17) is 16.3 Å². The number of amides is 3. The molecule has 2 heterocycles. The van der Waals surface area contributed by atoms with Crippen molar-refractivity contribution >= 4 is 41.2 Å². The third kappa shape index (κ3) is 5.57. The van der Waals surface area contributed by atoms with Gasteiger partial charge in [-0.25, -0.2) is 14.6 Å². The fourth-order valence-corrected chi connectivity index (χ4v) is 3.47. The number of fused-ring (bicyclic) bond motifs is 1. The second kappa shape index (κ2) is 9.56. The first-order valence-electron chi connectivity index (χ1n) is 9.56. The summed E-state index contributed by atoms with van der Waals surface area (Å²) in [6, 6.07) is 4.92. The third-order valence-electron chi connectivity index (χ3n) is 4.74. The molecule has 9 heteroatoms. The van der Waals surface area contributed by atoms with Crippen molar-refractivity contribution in [2.24, 2.45) is 0 Å². The minimum absolute atomic E-state index is 0.0765. The Bertz CT molecular complexity index is 934. The van der Waals surface area contributed by atoms with Crippen molar-refractivity contribution in [3.05, 3.63) is 41.3 Å². The summed E-state index contributed by atoms with van der Waals surface area (Å²) in [7, 11) is 0. The van der Waals surface area contributed by atoms with E-state index < -0.39 is 24.0 Å². The SMILES string of the molecule is C[C@H](OC(=O)/C=C/c1c(Cl)nc2ccccn12)C(=O)NC(=O)NC1CCCCC1. The van der Waals surface area contributed by atoms with Crippen LogP contribution in [0, 0.1) is 0 Å². The fraction of sp³-hybridized carbons (Fsp3) is 0.400. The van der Waals surface area contributed by atoms with Crippen LogP contribution in [0.2, 0.25) is 5.15 Å². The highest BCUT2D eigenvalue weighted by molar-refractivity contribution is 6.31. The van der Waals surface area contributed by atoms with Gasteiger partial charge < -0.3 is 10.1 Å². The zero-order valence-electron chi connectivity index (χ0n) is 16.1. The van der Waals surface area contributed by atoms with Gasteiger partial charge in [-0.3, -0.25) is 14.5 Å². The number of nitrogens with one attached hydrogen (secondary N) is 2. The van der Waals surface area contributed by atoms with E-state index in [1.807, 2.05) is 12.1 Å². The van der Waals surface area contributed by atoms with Crippen LogP contribution >= 0.6 is 11.6 Å². The monoisotopic (exact) mass is 418 g/mol. The number of aromatic nitrogens is 2. The smallest absolute Gasteiger partial charge is 0.331 e. The van der Waals surface area contributed by atoms with Crippen molar-refractivity contribution in [2.75, 3.05) is 0 Å². The molecule has 0 unspecified atom stereocenters. The Balaban J connectivity index is 1.51. The Morgan fingerprint density at radius 1 is 1.28 bits per heavy atom. The molecule has 1 aliphatic carbocycles. The lowest BCUT2D eigenvalue weighted by atomic mass is 9.96.